The SMILES string of the molecule is NSCCF. The third-order valence-electron chi connectivity index (χ3n) is 0.195. The molecule has 0 radical (unpaired) electrons. The molecule has 2 N–H and O–H groups in total. The van der Waals surface area contributed by atoms with E-state index in [1.54, 1.807) is 0 Å². The van der Waals surface area contributed by atoms with Gasteiger partial charge in [-0.25, -0.2) is 0 Å². The van der Waals surface area contributed by atoms with Gasteiger partial charge in [-0.1, -0.05) is 11.9 Å². The molecule has 0 heterocycles. The first-order valence-corrected chi connectivity index (χ1v) is 2.34. The van der Waals surface area contributed by atoms with Crippen molar-refractivity contribution >= 4 is 11.9 Å². The molecule has 5 heavy (non-hydrogen) atoms. The summed E-state index contributed by atoms with van der Waals surface area (Å²) in [4.78, 5) is 0. The molecule has 3 heteroatoms. The largest absolute Gasteiger partial charge is 0.278 e. The summed E-state index contributed by atoms with van der Waals surface area (Å²) < 4.78 is 10.9. The lowest BCUT2D eigenvalue weighted by molar-refractivity contribution is 0.533. The van der Waals surface area contributed by atoms with E-state index >= 15 is 0 Å². The highest BCUT2D eigenvalue weighted by molar-refractivity contribution is 7.97. The van der Waals surface area contributed by atoms with Crippen molar-refractivity contribution in [3.05, 3.63) is 0 Å². The third kappa shape index (κ3) is 4.24. The summed E-state index contributed by atoms with van der Waals surface area (Å²) in [5.41, 5.74) is 0. The molecule has 0 atom stereocenters. The zero-order valence-electron chi connectivity index (χ0n) is 2.78. The van der Waals surface area contributed by atoms with Gasteiger partial charge in [-0.3, -0.25) is 9.53 Å². The molecule has 0 amide bonds. The summed E-state index contributed by atoms with van der Waals surface area (Å²) in [6.07, 6.45) is 0. The van der Waals surface area contributed by atoms with Crippen LogP contribution in [0.2, 0.25) is 0 Å². The Kier molecular flexibility index (Phi) is 4.44. The zero-order chi connectivity index (χ0) is 4.12. The summed E-state index contributed by atoms with van der Waals surface area (Å²) in [6.45, 7) is -0.318. The molecule has 0 saturated carbocycles. The number of nitrogens with two attached hydrogens (primary N) is 1. The number of hydrogen-bond donors (Lipinski definition) is 1. The Hall–Kier alpha value is 0.240. The van der Waals surface area contributed by atoms with E-state index in [1.165, 1.54) is 0 Å². The molecule has 0 saturated heterocycles. The fourth-order valence-electron chi connectivity index (χ4n) is 0.0445. The molecule has 0 rings (SSSR count). The van der Waals surface area contributed by atoms with Gasteiger partial charge >= 0.3 is 0 Å². The molecule has 0 bridgehead atoms. The van der Waals surface area contributed by atoms with Crippen molar-refractivity contribution < 1.29 is 4.39 Å². The van der Waals surface area contributed by atoms with Gasteiger partial charge in [0.1, 0.15) is 0 Å². The average molecular weight is 95.1 g/mol. The highest BCUT2D eigenvalue weighted by Crippen LogP contribution is 1.81. The first-order valence-electron chi connectivity index (χ1n) is 1.29. The van der Waals surface area contributed by atoms with Gasteiger partial charge in [0.25, 0.3) is 0 Å². The predicted molar refractivity (Wildman–Crippen MR) is 22.6 cm³/mol. The standard InChI is InChI=1S/C2H6FNS/c3-1-2-5-4/h1-2,4H2. The van der Waals surface area contributed by atoms with E-state index in [4.69, 9.17) is 5.14 Å². The molecule has 32 valence electrons. The van der Waals surface area contributed by atoms with Gasteiger partial charge in [-0.15, -0.1) is 0 Å². The predicted octanol–water partition coefficient (Wildman–Crippen LogP) is 0.563. The van der Waals surface area contributed by atoms with Crippen molar-refractivity contribution in [2.75, 3.05) is 12.4 Å². The maximum Gasteiger partial charge on any atom is 0.0997 e. The monoisotopic (exact) mass is 95.0 g/mol. The van der Waals surface area contributed by atoms with Crippen LogP contribution >= 0.6 is 11.9 Å². The van der Waals surface area contributed by atoms with Crippen LogP contribution in [0.15, 0.2) is 0 Å². The van der Waals surface area contributed by atoms with E-state index < -0.39 is 0 Å². The van der Waals surface area contributed by atoms with Crippen LogP contribution in [0.1, 0.15) is 0 Å². The second kappa shape index (κ2) is 4.24. The minimum atomic E-state index is -0.318. The molecule has 0 aromatic heterocycles. The molecule has 0 aromatic carbocycles. The van der Waals surface area contributed by atoms with Crippen molar-refractivity contribution in [2.45, 2.75) is 0 Å². The van der Waals surface area contributed by atoms with E-state index in [0.29, 0.717) is 5.75 Å². The highest BCUT2D eigenvalue weighted by atomic mass is 32.2. The summed E-state index contributed by atoms with van der Waals surface area (Å²) in [5, 5.41) is 4.82. The summed E-state index contributed by atoms with van der Waals surface area (Å²) in [7, 11) is 0. The molecule has 0 aliphatic carbocycles. The molecule has 1 nitrogen and oxygen atoms in total. The molecular formula is C2H6FNS. The Bertz CT molecular complexity index is 17.1. The first kappa shape index (κ1) is 5.24. The van der Waals surface area contributed by atoms with Crippen LogP contribution in [-0.2, 0) is 0 Å². The third-order valence-corrected chi connectivity index (χ3v) is 0.585. The van der Waals surface area contributed by atoms with E-state index in [9.17, 15) is 4.39 Å². The van der Waals surface area contributed by atoms with Crippen LogP contribution in [0, 0.1) is 0 Å². The van der Waals surface area contributed by atoms with Crippen LogP contribution in [0.5, 0.6) is 0 Å². The van der Waals surface area contributed by atoms with Gasteiger partial charge in [0.2, 0.25) is 0 Å². The normalized spacial score (nSPS) is 8.40. The highest BCUT2D eigenvalue weighted by Gasteiger charge is 1.72. The fourth-order valence-corrected chi connectivity index (χ4v) is 0.134. The lowest BCUT2D eigenvalue weighted by atomic mass is 10.9. The Morgan fingerprint density at radius 2 is 2.40 bits per heavy atom. The number of alkyl halides is 1. The Morgan fingerprint density at radius 3 is 2.40 bits per heavy atom. The second-order valence-corrected chi connectivity index (χ2v) is 1.30. The lowest BCUT2D eigenvalue weighted by Crippen LogP contribution is -1.84. The van der Waals surface area contributed by atoms with Crippen molar-refractivity contribution in [1.29, 1.82) is 0 Å². The topological polar surface area (TPSA) is 26.0 Å². The minimum Gasteiger partial charge on any atom is -0.278 e. The first-order chi connectivity index (χ1) is 2.41. The average Bonchev–Trinajstić information content (AvgIpc) is 1.41. The van der Waals surface area contributed by atoms with Gasteiger partial charge in [0.05, 0.1) is 6.67 Å². The zero-order valence-corrected chi connectivity index (χ0v) is 3.59. The molecule has 0 aliphatic heterocycles. The van der Waals surface area contributed by atoms with Gasteiger partial charge < -0.3 is 0 Å². The number of hydrogen-bond acceptors (Lipinski definition) is 2. The van der Waals surface area contributed by atoms with Crippen molar-refractivity contribution in [3.63, 3.8) is 0 Å². The van der Waals surface area contributed by atoms with Gasteiger partial charge in [-0.2, -0.15) is 0 Å². The van der Waals surface area contributed by atoms with E-state index in [-0.39, 0.29) is 6.67 Å². The van der Waals surface area contributed by atoms with Crippen molar-refractivity contribution in [1.82, 2.24) is 0 Å². The molecule has 0 spiro atoms. The number of rotatable bonds is 2. The van der Waals surface area contributed by atoms with Crippen LogP contribution in [-0.4, -0.2) is 12.4 Å². The molecule has 0 fully saturated rings. The lowest BCUT2D eigenvalue weighted by Gasteiger charge is -1.77. The van der Waals surface area contributed by atoms with Crippen LogP contribution < -0.4 is 5.14 Å². The maximum atomic E-state index is 10.9. The summed E-state index contributed by atoms with van der Waals surface area (Å²) in [6, 6.07) is 0. The van der Waals surface area contributed by atoms with Gasteiger partial charge in [0, 0.05) is 5.75 Å². The van der Waals surface area contributed by atoms with Gasteiger partial charge in [-0.05, 0) is 0 Å². The van der Waals surface area contributed by atoms with Crippen LogP contribution in [0.3, 0.4) is 0 Å². The summed E-state index contributed by atoms with van der Waals surface area (Å²) >= 11 is 1.03. The van der Waals surface area contributed by atoms with E-state index in [0.717, 1.165) is 11.9 Å². The fraction of sp³-hybridized carbons (Fsp3) is 1.00. The second-order valence-electron chi connectivity index (χ2n) is 0.560. The van der Waals surface area contributed by atoms with E-state index in [1.807, 2.05) is 0 Å². The maximum absolute atomic E-state index is 10.9. The smallest absolute Gasteiger partial charge is 0.0997 e. The van der Waals surface area contributed by atoms with Crippen molar-refractivity contribution in [2.24, 2.45) is 5.14 Å². The van der Waals surface area contributed by atoms with Gasteiger partial charge in [0.15, 0.2) is 0 Å². The molecule has 0 aromatic rings. The quantitative estimate of drug-likeness (QED) is 0.507. The Morgan fingerprint density at radius 1 is 1.80 bits per heavy atom. The van der Waals surface area contributed by atoms with Crippen molar-refractivity contribution in [3.8, 4) is 0 Å². The number of halogens is 1. The molecule has 0 unspecified atom stereocenters. The Labute approximate surface area is 34.9 Å². The van der Waals surface area contributed by atoms with E-state index in [2.05, 4.69) is 0 Å². The molecule has 0 aliphatic rings. The minimum absolute atomic E-state index is 0.318. The molecular weight excluding hydrogens is 89.1 g/mol. The van der Waals surface area contributed by atoms with Crippen LogP contribution in [0.4, 0.5) is 4.39 Å². The Balaban J connectivity index is 2.19. The van der Waals surface area contributed by atoms with Crippen LogP contribution in [0.25, 0.3) is 0 Å². The summed E-state index contributed by atoms with van der Waals surface area (Å²) in [5.74, 6) is 0.417.